The molecule has 21 heavy (non-hydrogen) atoms. The molecule has 0 unspecified atom stereocenters. The lowest BCUT2D eigenvalue weighted by Gasteiger charge is -2.20. The number of hydrogen-bond donors (Lipinski definition) is 2. The van der Waals surface area contributed by atoms with Gasteiger partial charge in [0.05, 0.1) is 6.61 Å². The molecule has 0 atom stereocenters. The van der Waals surface area contributed by atoms with Gasteiger partial charge in [-0.25, -0.2) is 8.42 Å². The van der Waals surface area contributed by atoms with Crippen LogP contribution >= 0.6 is 0 Å². The third-order valence-electron chi connectivity index (χ3n) is 3.94. The quantitative estimate of drug-likeness (QED) is 0.866. The molecular formula is C12H15F3N2O3S. The predicted octanol–water partition coefficient (Wildman–Crippen LogP) is 1.69. The fourth-order valence-corrected chi connectivity index (χ4v) is 3.84. The van der Waals surface area contributed by atoms with Gasteiger partial charge in [-0.2, -0.15) is 17.9 Å². The first-order valence-corrected chi connectivity index (χ1v) is 8.09. The summed E-state index contributed by atoms with van der Waals surface area (Å²) >= 11 is 0. The van der Waals surface area contributed by atoms with Crippen LogP contribution in [-0.4, -0.2) is 29.8 Å². The van der Waals surface area contributed by atoms with Crippen molar-refractivity contribution in [1.29, 1.82) is 0 Å². The number of nitrogens with zero attached hydrogens (tertiary/aromatic N) is 1. The van der Waals surface area contributed by atoms with Gasteiger partial charge in [0.2, 0.25) is 10.0 Å². The van der Waals surface area contributed by atoms with Gasteiger partial charge < -0.3 is 9.67 Å². The second kappa shape index (κ2) is 4.47. The minimum atomic E-state index is -4.60. The minimum absolute atomic E-state index is 0.133. The number of aliphatic hydroxyl groups excluding tert-OH is 1. The molecule has 0 aromatic carbocycles. The van der Waals surface area contributed by atoms with Crippen LogP contribution in [0.1, 0.15) is 37.4 Å². The van der Waals surface area contributed by atoms with Crippen molar-refractivity contribution in [2.45, 2.75) is 54.9 Å². The molecule has 0 amide bonds. The van der Waals surface area contributed by atoms with Crippen molar-refractivity contribution in [1.82, 2.24) is 9.29 Å². The Morgan fingerprint density at radius 3 is 2.43 bits per heavy atom. The SMILES string of the molecule is O=S(=O)(NC1(C(F)(F)F)CC1)c1cc(CO)n(C2CC2)c1. The summed E-state index contributed by atoms with van der Waals surface area (Å²) in [4.78, 5) is -0.228. The number of hydrogen-bond acceptors (Lipinski definition) is 3. The second-order valence-electron chi connectivity index (χ2n) is 5.65. The van der Waals surface area contributed by atoms with E-state index in [2.05, 4.69) is 0 Å². The summed E-state index contributed by atoms with van der Waals surface area (Å²) in [7, 11) is -4.26. The first kappa shape index (κ1) is 14.9. The number of nitrogens with one attached hydrogen (secondary N) is 1. The van der Waals surface area contributed by atoms with Crippen LogP contribution in [0.3, 0.4) is 0 Å². The average molecular weight is 324 g/mol. The third kappa shape index (κ3) is 2.58. The van der Waals surface area contributed by atoms with Crippen molar-refractivity contribution in [2.24, 2.45) is 0 Å². The molecular weight excluding hydrogens is 309 g/mol. The van der Waals surface area contributed by atoms with E-state index >= 15 is 0 Å². The molecule has 0 aliphatic heterocycles. The smallest absolute Gasteiger partial charge is 0.390 e. The molecule has 2 aliphatic rings. The number of aromatic nitrogens is 1. The maximum atomic E-state index is 12.9. The van der Waals surface area contributed by atoms with Crippen LogP contribution in [0.25, 0.3) is 0 Å². The van der Waals surface area contributed by atoms with Crippen LogP contribution in [0.4, 0.5) is 13.2 Å². The normalized spacial score (nSPS) is 21.5. The fourth-order valence-electron chi connectivity index (χ4n) is 2.35. The lowest BCUT2D eigenvalue weighted by Crippen LogP contribution is -2.47. The van der Waals surface area contributed by atoms with Crippen LogP contribution in [-0.2, 0) is 16.6 Å². The summed E-state index contributed by atoms with van der Waals surface area (Å²) in [5.41, 5.74) is -1.93. The lowest BCUT2D eigenvalue weighted by atomic mass is 10.3. The highest BCUT2D eigenvalue weighted by atomic mass is 32.2. The summed E-state index contributed by atoms with van der Waals surface area (Å²) in [5.74, 6) is 0. The summed E-state index contributed by atoms with van der Waals surface area (Å²) < 4.78 is 66.3. The molecule has 0 radical (unpaired) electrons. The number of alkyl halides is 3. The van der Waals surface area contributed by atoms with E-state index < -0.39 is 21.7 Å². The van der Waals surface area contributed by atoms with Gasteiger partial charge in [0, 0.05) is 17.9 Å². The van der Waals surface area contributed by atoms with Gasteiger partial charge in [-0.1, -0.05) is 0 Å². The molecule has 1 heterocycles. The molecule has 3 rings (SSSR count). The van der Waals surface area contributed by atoms with Crippen molar-refractivity contribution in [3.8, 4) is 0 Å². The third-order valence-corrected chi connectivity index (χ3v) is 5.45. The molecule has 0 bridgehead atoms. The van der Waals surface area contributed by atoms with Gasteiger partial charge in [0.15, 0.2) is 0 Å². The topological polar surface area (TPSA) is 71.3 Å². The predicted molar refractivity (Wildman–Crippen MR) is 67.0 cm³/mol. The molecule has 9 heteroatoms. The van der Waals surface area contributed by atoms with Gasteiger partial charge in [0.25, 0.3) is 0 Å². The van der Waals surface area contributed by atoms with Crippen LogP contribution in [0.2, 0.25) is 0 Å². The second-order valence-corrected chi connectivity index (χ2v) is 7.33. The number of aliphatic hydroxyl groups is 1. The van der Waals surface area contributed by atoms with Crippen LogP contribution < -0.4 is 4.72 Å². The van der Waals surface area contributed by atoms with Gasteiger partial charge in [-0.15, -0.1) is 0 Å². The first-order valence-electron chi connectivity index (χ1n) is 6.61. The van der Waals surface area contributed by atoms with E-state index in [0.717, 1.165) is 12.8 Å². The fraction of sp³-hybridized carbons (Fsp3) is 0.667. The van der Waals surface area contributed by atoms with Crippen molar-refractivity contribution >= 4 is 10.0 Å². The Labute approximate surface area is 119 Å². The Morgan fingerprint density at radius 1 is 1.38 bits per heavy atom. The van der Waals surface area contributed by atoms with Crippen LogP contribution in [0.5, 0.6) is 0 Å². The molecule has 5 nitrogen and oxygen atoms in total. The van der Waals surface area contributed by atoms with E-state index in [0.29, 0.717) is 5.69 Å². The zero-order valence-electron chi connectivity index (χ0n) is 11.0. The lowest BCUT2D eigenvalue weighted by molar-refractivity contribution is -0.160. The summed E-state index contributed by atoms with van der Waals surface area (Å²) in [5, 5.41) is 9.23. The Hall–Kier alpha value is -1.06. The highest BCUT2D eigenvalue weighted by molar-refractivity contribution is 7.89. The van der Waals surface area contributed by atoms with Gasteiger partial charge in [0.1, 0.15) is 10.4 Å². The first-order chi connectivity index (χ1) is 9.68. The van der Waals surface area contributed by atoms with Crippen LogP contribution in [0.15, 0.2) is 17.2 Å². The van der Waals surface area contributed by atoms with Crippen molar-refractivity contribution in [2.75, 3.05) is 0 Å². The van der Waals surface area contributed by atoms with E-state index in [1.165, 1.54) is 12.3 Å². The molecule has 0 saturated heterocycles. The molecule has 2 aliphatic carbocycles. The Kier molecular flexibility index (Phi) is 3.16. The van der Waals surface area contributed by atoms with E-state index in [1.54, 1.807) is 9.29 Å². The summed E-state index contributed by atoms with van der Waals surface area (Å²) in [6, 6.07) is 1.36. The van der Waals surface area contributed by atoms with Crippen molar-refractivity contribution in [3.63, 3.8) is 0 Å². The summed E-state index contributed by atoms with van der Waals surface area (Å²) in [6.07, 6.45) is -2.03. The van der Waals surface area contributed by atoms with E-state index in [-0.39, 0.29) is 30.4 Å². The molecule has 2 saturated carbocycles. The number of rotatable bonds is 5. The van der Waals surface area contributed by atoms with Gasteiger partial charge >= 0.3 is 6.18 Å². The molecule has 1 aromatic rings. The molecule has 2 fully saturated rings. The maximum Gasteiger partial charge on any atom is 0.407 e. The zero-order chi connectivity index (χ0) is 15.5. The average Bonchev–Trinajstić information content (AvgIpc) is 3.28. The molecule has 118 valence electrons. The standard InChI is InChI=1S/C12H15F3N2O3S/c13-12(14,15)11(3-4-11)16-21(19,20)10-5-9(7-18)17(6-10)8-1-2-8/h5-6,8,16,18H,1-4,7H2. The highest BCUT2D eigenvalue weighted by Crippen LogP contribution is 2.49. The number of sulfonamides is 1. The number of halogens is 3. The monoisotopic (exact) mass is 324 g/mol. The molecule has 1 aromatic heterocycles. The zero-order valence-corrected chi connectivity index (χ0v) is 11.8. The van der Waals surface area contributed by atoms with E-state index in [4.69, 9.17) is 0 Å². The van der Waals surface area contributed by atoms with Crippen molar-refractivity contribution < 1.29 is 26.7 Å². The van der Waals surface area contributed by atoms with Crippen molar-refractivity contribution in [3.05, 3.63) is 18.0 Å². The van der Waals surface area contributed by atoms with Gasteiger partial charge in [-0.3, -0.25) is 0 Å². The van der Waals surface area contributed by atoms with Gasteiger partial charge in [-0.05, 0) is 31.7 Å². The van der Waals surface area contributed by atoms with Crippen LogP contribution in [0, 0.1) is 0 Å². The van der Waals surface area contributed by atoms with E-state index in [1.807, 2.05) is 0 Å². The van der Waals surface area contributed by atoms with E-state index in [9.17, 15) is 26.7 Å². The molecule has 0 spiro atoms. The Bertz CT molecular complexity index is 658. The maximum absolute atomic E-state index is 12.9. The Morgan fingerprint density at radius 2 is 2.00 bits per heavy atom. The minimum Gasteiger partial charge on any atom is -0.390 e. The highest BCUT2D eigenvalue weighted by Gasteiger charge is 2.65. The Balaban J connectivity index is 1.89. The summed E-state index contributed by atoms with van der Waals surface area (Å²) in [6.45, 7) is -0.351. The largest absolute Gasteiger partial charge is 0.407 e. The molecule has 2 N–H and O–H groups in total.